The van der Waals surface area contributed by atoms with Gasteiger partial charge < -0.3 is 0 Å². The summed E-state index contributed by atoms with van der Waals surface area (Å²) in [7, 11) is 0. The molecule has 0 bridgehead atoms. The lowest BCUT2D eigenvalue weighted by atomic mass is 10.0. The molecule has 0 aromatic rings. The fourth-order valence-corrected chi connectivity index (χ4v) is 1.75. The van der Waals surface area contributed by atoms with Crippen LogP contribution in [0.5, 0.6) is 0 Å². The van der Waals surface area contributed by atoms with Crippen molar-refractivity contribution in [2.24, 2.45) is 5.92 Å². The van der Waals surface area contributed by atoms with E-state index >= 15 is 0 Å². The molecule has 16 heavy (non-hydrogen) atoms. The summed E-state index contributed by atoms with van der Waals surface area (Å²) >= 11 is 0. The van der Waals surface area contributed by atoms with Gasteiger partial charge in [0.15, 0.2) is 0 Å². The molecular formula is C16H30. The Balaban J connectivity index is 3.36. The molecule has 0 aliphatic rings. The number of allylic oxidation sites excluding steroid dienone is 4. The van der Waals surface area contributed by atoms with Crippen molar-refractivity contribution in [1.29, 1.82) is 0 Å². The van der Waals surface area contributed by atoms with Gasteiger partial charge in [-0.25, -0.2) is 0 Å². The summed E-state index contributed by atoms with van der Waals surface area (Å²) in [4.78, 5) is 0. The van der Waals surface area contributed by atoms with Crippen LogP contribution in [0.25, 0.3) is 0 Å². The molecule has 0 saturated heterocycles. The Labute approximate surface area is 103 Å². The molecule has 0 N–H and O–H groups in total. The standard InChI is InChI=1S/C16H30/c1-5-6-13-16(4)14-11-9-7-8-10-12-15(2)3/h11-12,14,16H,5-10,13H2,1-4H3. The molecule has 0 fully saturated rings. The molecule has 1 unspecified atom stereocenters. The van der Waals surface area contributed by atoms with Gasteiger partial charge in [0.2, 0.25) is 0 Å². The Morgan fingerprint density at radius 3 is 2.38 bits per heavy atom. The summed E-state index contributed by atoms with van der Waals surface area (Å²) in [6.45, 7) is 8.94. The lowest BCUT2D eigenvalue weighted by Crippen LogP contribution is -1.88. The first-order valence-corrected chi connectivity index (χ1v) is 6.96. The Bertz CT molecular complexity index is 194. The van der Waals surface area contributed by atoms with Crippen molar-refractivity contribution < 1.29 is 0 Å². The second-order valence-corrected chi connectivity index (χ2v) is 5.11. The number of hydrogen-bond acceptors (Lipinski definition) is 0. The highest BCUT2D eigenvalue weighted by molar-refractivity contribution is 4.92. The van der Waals surface area contributed by atoms with E-state index in [1.54, 1.807) is 0 Å². The van der Waals surface area contributed by atoms with Crippen LogP contribution in [0.2, 0.25) is 0 Å². The Morgan fingerprint density at radius 1 is 1.06 bits per heavy atom. The normalized spacial score (nSPS) is 13.0. The summed E-state index contributed by atoms with van der Waals surface area (Å²) < 4.78 is 0. The second kappa shape index (κ2) is 11.0. The number of unbranched alkanes of at least 4 members (excludes halogenated alkanes) is 4. The van der Waals surface area contributed by atoms with E-state index in [0.29, 0.717) is 0 Å². The van der Waals surface area contributed by atoms with Gasteiger partial charge in [-0.05, 0) is 51.9 Å². The van der Waals surface area contributed by atoms with Crippen LogP contribution in [-0.2, 0) is 0 Å². The Hall–Kier alpha value is -0.520. The maximum absolute atomic E-state index is 2.40. The summed E-state index contributed by atoms with van der Waals surface area (Å²) in [5.41, 5.74) is 1.45. The highest BCUT2D eigenvalue weighted by atomic mass is 14.0. The van der Waals surface area contributed by atoms with Crippen molar-refractivity contribution in [2.45, 2.75) is 72.6 Å². The Morgan fingerprint density at radius 2 is 1.75 bits per heavy atom. The maximum Gasteiger partial charge on any atom is -0.0262 e. The van der Waals surface area contributed by atoms with E-state index in [4.69, 9.17) is 0 Å². The zero-order valence-electron chi connectivity index (χ0n) is 11.8. The predicted molar refractivity (Wildman–Crippen MR) is 75.7 cm³/mol. The average Bonchev–Trinajstić information content (AvgIpc) is 2.24. The molecule has 0 aliphatic heterocycles. The summed E-state index contributed by atoms with van der Waals surface area (Å²) in [5.74, 6) is 0.776. The van der Waals surface area contributed by atoms with Crippen LogP contribution in [0.3, 0.4) is 0 Å². The van der Waals surface area contributed by atoms with Crippen molar-refractivity contribution in [2.75, 3.05) is 0 Å². The molecule has 0 amide bonds. The molecule has 0 aliphatic carbocycles. The van der Waals surface area contributed by atoms with Crippen molar-refractivity contribution in [3.8, 4) is 0 Å². The SMILES string of the molecule is CCCCC(C)C=CCCCCC=C(C)C. The highest BCUT2D eigenvalue weighted by Crippen LogP contribution is 2.10. The Kier molecular flexibility index (Phi) is 10.6. The van der Waals surface area contributed by atoms with Crippen LogP contribution < -0.4 is 0 Å². The first-order chi connectivity index (χ1) is 7.66. The lowest BCUT2D eigenvalue weighted by Gasteiger charge is -2.03. The minimum Gasteiger partial charge on any atom is -0.0883 e. The van der Waals surface area contributed by atoms with Gasteiger partial charge in [-0.1, -0.05) is 50.5 Å². The molecule has 94 valence electrons. The average molecular weight is 222 g/mol. The van der Waals surface area contributed by atoms with E-state index in [1.165, 1.54) is 50.5 Å². The number of rotatable bonds is 9. The molecule has 0 rings (SSSR count). The zero-order chi connectivity index (χ0) is 12.2. The van der Waals surface area contributed by atoms with E-state index in [-0.39, 0.29) is 0 Å². The summed E-state index contributed by atoms with van der Waals surface area (Å²) in [6, 6.07) is 0. The van der Waals surface area contributed by atoms with Gasteiger partial charge >= 0.3 is 0 Å². The van der Waals surface area contributed by atoms with Crippen LogP contribution in [0.1, 0.15) is 72.6 Å². The first kappa shape index (κ1) is 15.5. The van der Waals surface area contributed by atoms with Crippen molar-refractivity contribution >= 4 is 0 Å². The fraction of sp³-hybridized carbons (Fsp3) is 0.750. The topological polar surface area (TPSA) is 0 Å². The highest BCUT2D eigenvalue weighted by Gasteiger charge is 1.94. The third-order valence-corrected chi connectivity index (χ3v) is 2.86. The van der Waals surface area contributed by atoms with E-state index in [9.17, 15) is 0 Å². The van der Waals surface area contributed by atoms with Crippen LogP contribution in [0, 0.1) is 5.92 Å². The first-order valence-electron chi connectivity index (χ1n) is 6.96. The van der Waals surface area contributed by atoms with E-state index in [1.807, 2.05) is 0 Å². The third kappa shape index (κ3) is 11.6. The van der Waals surface area contributed by atoms with Crippen LogP contribution in [0.4, 0.5) is 0 Å². The second-order valence-electron chi connectivity index (χ2n) is 5.11. The van der Waals surface area contributed by atoms with Gasteiger partial charge in [0.25, 0.3) is 0 Å². The largest absolute Gasteiger partial charge is 0.0883 e. The molecule has 0 aromatic carbocycles. The van der Waals surface area contributed by atoms with Crippen LogP contribution >= 0.6 is 0 Å². The molecule has 1 atom stereocenters. The fourth-order valence-electron chi connectivity index (χ4n) is 1.75. The number of hydrogen-bond donors (Lipinski definition) is 0. The molecule has 0 heterocycles. The lowest BCUT2D eigenvalue weighted by molar-refractivity contribution is 0.595. The molecule has 0 saturated carbocycles. The van der Waals surface area contributed by atoms with E-state index < -0.39 is 0 Å². The van der Waals surface area contributed by atoms with Crippen LogP contribution in [0.15, 0.2) is 23.8 Å². The third-order valence-electron chi connectivity index (χ3n) is 2.86. The van der Waals surface area contributed by atoms with Crippen molar-refractivity contribution in [3.05, 3.63) is 23.8 Å². The molecule has 0 heteroatoms. The van der Waals surface area contributed by atoms with Gasteiger partial charge in [-0.2, -0.15) is 0 Å². The molecule has 0 radical (unpaired) electrons. The van der Waals surface area contributed by atoms with Gasteiger partial charge in [0, 0.05) is 0 Å². The zero-order valence-corrected chi connectivity index (χ0v) is 11.8. The van der Waals surface area contributed by atoms with E-state index in [0.717, 1.165) is 5.92 Å². The van der Waals surface area contributed by atoms with Crippen LogP contribution in [-0.4, -0.2) is 0 Å². The van der Waals surface area contributed by atoms with Gasteiger partial charge in [-0.15, -0.1) is 0 Å². The minimum atomic E-state index is 0.776. The summed E-state index contributed by atoms with van der Waals surface area (Å²) in [5, 5.41) is 0. The smallest absolute Gasteiger partial charge is 0.0262 e. The molecule has 0 spiro atoms. The van der Waals surface area contributed by atoms with E-state index in [2.05, 4.69) is 45.9 Å². The molecule has 0 aromatic heterocycles. The maximum atomic E-state index is 2.40. The molecule has 0 nitrogen and oxygen atoms in total. The van der Waals surface area contributed by atoms with Crippen molar-refractivity contribution in [1.82, 2.24) is 0 Å². The van der Waals surface area contributed by atoms with Gasteiger partial charge in [0.1, 0.15) is 0 Å². The molecular weight excluding hydrogens is 192 g/mol. The van der Waals surface area contributed by atoms with Crippen molar-refractivity contribution in [3.63, 3.8) is 0 Å². The van der Waals surface area contributed by atoms with Gasteiger partial charge in [0.05, 0.1) is 0 Å². The minimum absolute atomic E-state index is 0.776. The summed E-state index contributed by atoms with van der Waals surface area (Å²) in [6.07, 6.45) is 16.3. The van der Waals surface area contributed by atoms with Gasteiger partial charge in [-0.3, -0.25) is 0 Å². The quantitative estimate of drug-likeness (QED) is 0.337. The monoisotopic (exact) mass is 222 g/mol. The predicted octanol–water partition coefficient (Wildman–Crippen LogP) is 5.90.